The Balaban J connectivity index is 2.14. The largest absolute Gasteiger partial charge is 0.508 e. The number of para-hydroxylation sites is 1. The van der Waals surface area contributed by atoms with Crippen LogP contribution in [-0.4, -0.2) is 66.9 Å². The lowest BCUT2D eigenvalue weighted by Gasteiger charge is -2.28. The Bertz CT molecular complexity index is 1090. The van der Waals surface area contributed by atoms with Crippen molar-refractivity contribution in [1.29, 1.82) is 0 Å². The van der Waals surface area contributed by atoms with E-state index in [0.717, 1.165) is 6.07 Å². The Morgan fingerprint density at radius 3 is 2.35 bits per heavy atom. The van der Waals surface area contributed by atoms with Gasteiger partial charge in [0.2, 0.25) is 11.8 Å². The second-order valence-corrected chi connectivity index (χ2v) is 10.2. The molecule has 1 aromatic rings. The molecule has 0 saturated carbocycles. The van der Waals surface area contributed by atoms with Crippen molar-refractivity contribution in [3.05, 3.63) is 30.1 Å². The molecule has 0 aromatic heterocycles. The highest BCUT2D eigenvalue weighted by Crippen LogP contribution is 2.19. The fourth-order valence-corrected chi connectivity index (χ4v) is 4.01. The van der Waals surface area contributed by atoms with Crippen LogP contribution in [0.3, 0.4) is 0 Å². The number of nitrogens with one attached hydrogen (secondary N) is 4. The van der Waals surface area contributed by atoms with Crippen LogP contribution < -0.4 is 21.3 Å². The Hall–Kier alpha value is -4.03. The number of piperidine rings is 1. The summed E-state index contributed by atoms with van der Waals surface area (Å²) in [4.78, 5) is 75.3. The zero-order valence-corrected chi connectivity index (χ0v) is 23.1. The van der Waals surface area contributed by atoms with Gasteiger partial charge in [-0.3, -0.25) is 24.0 Å². The van der Waals surface area contributed by atoms with Crippen LogP contribution in [0, 0.1) is 17.7 Å². The van der Waals surface area contributed by atoms with Crippen molar-refractivity contribution in [3.63, 3.8) is 0 Å². The van der Waals surface area contributed by atoms with Gasteiger partial charge in [-0.2, -0.15) is 0 Å². The number of amides is 4. The molecule has 220 valence electrons. The van der Waals surface area contributed by atoms with E-state index in [4.69, 9.17) is 9.47 Å². The highest BCUT2D eigenvalue weighted by Gasteiger charge is 2.33. The van der Waals surface area contributed by atoms with Crippen molar-refractivity contribution in [2.75, 3.05) is 18.5 Å². The van der Waals surface area contributed by atoms with Crippen LogP contribution in [0.4, 0.5) is 14.9 Å². The second-order valence-electron chi connectivity index (χ2n) is 10.2. The molecule has 2 rings (SSSR count). The van der Waals surface area contributed by atoms with Gasteiger partial charge in [0.1, 0.15) is 11.9 Å². The van der Waals surface area contributed by atoms with E-state index >= 15 is 0 Å². The van der Waals surface area contributed by atoms with Crippen molar-refractivity contribution in [2.24, 2.45) is 11.8 Å². The van der Waals surface area contributed by atoms with Crippen molar-refractivity contribution in [2.45, 2.75) is 71.6 Å². The van der Waals surface area contributed by atoms with Crippen LogP contribution in [0.1, 0.15) is 53.4 Å². The van der Waals surface area contributed by atoms with Crippen LogP contribution in [-0.2, 0) is 33.4 Å². The lowest BCUT2D eigenvalue weighted by molar-refractivity contribution is -0.139. The van der Waals surface area contributed by atoms with E-state index in [9.17, 15) is 33.2 Å². The van der Waals surface area contributed by atoms with Gasteiger partial charge in [0.05, 0.1) is 17.8 Å². The average Bonchev–Trinajstić information content (AvgIpc) is 2.88. The maximum absolute atomic E-state index is 13.9. The summed E-state index contributed by atoms with van der Waals surface area (Å²) in [6, 6.07) is 2.81. The number of hydrogen-bond donors (Lipinski definition) is 4. The molecule has 40 heavy (non-hydrogen) atoms. The molecule has 13 heteroatoms. The predicted octanol–water partition coefficient (Wildman–Crippen LogP) is 1.83. The molecule has 4 amide bonds. The predicted molar refractivity (Wildman–Crippen MR) is 141 cm³/mol. The number of Topliss-reactive ketones (excluding diaryl/α,β-unsaturated/α-hetero) is 1. The molecule has 0 unspecified atom stereocenters. The van der Waals surface area contributed by atoms with Gasteiger partial charge in [-0.05, 0) is 57.6 Å². The lowest BCUT2D eigenvalue weighted by atomic mass is 9.90. The summed E-state index contributed by atoms with van der Waals surface area (Å²) in [6.07, 6.45) is -0.313. The summed E-state index contributed by atoms with van der Waals surface area (Å²) < 4.78 is 23.6. The van der Waals surface area contributed by atoms with E-state index < -0.39 is 66.2 Å². The number of ketones is 1. The minimum Gasteiger partial charge on any atom is -0.432 e. The smallest absolute Gasteiger partial charge is 0.432 e. The maximum atomic E-state index is 13.9. The third-order valence-electron chi connectivity index (χ3n) is 5.95. The van der Waals surface area contributed by atoms with Crippen LogP contribution in [0.2, 0.25) is 0 Å². The molecule has 0 spiro atoms. The van der Waals surface area contributed by atoms with E-state index in [1.54, 1.807) is 27.7 Å². The number of benzene rings is 1. The average molecular weight is 565 g/mol. The van der Waals surface area contributed by atoms with Gasteiger partial charge in [0.25, 0.3) is 0 Å². The first-order valence-electron chi connectivity index (χ1n) is 13.2. The highest BCUT2D eigenvalue weighted by molar-refractivity contribution is 6.40. The monoisotopic (exact) mass is 564 g/mol. The van der Waals surface area contributed by atoms with E-state index in [-0.39, 0.29) is 30.4 Å². The Labute approximate surface area is 232 Å². The summed E-state index contributed by atoms with van der Waals surface area (Å²) in [6.45, 7) is 6.57. The number of halogens is 1. The number of ether oxygens (including phenoxy) is 2. The molecule has 1 aliphatic rings. The van der Waals surface area contributed by atoms with Gasteiger partial charge in [-0.15, -0.1) is 0 Å². The van der Waals surface area contributed by atoms with Gasteiger partial charge >= 0.3 is 18.0 Å². The molecule has 1 heterocycles. The fourth-order valence-electron chi connectivity index (χ4n) is 4.01. The molecule has 1 fully saturated rings. The van der Waals surface area contributed by atoms with Gasteiger partial charge < -0.3 is 30.7 Å². The lowest BCUT2D eigenvalue weighted by Crippen LogP contribution is -2.55. The van der Waals surface area contributed by atoms with E-state index in [1.807, 2.05) is 0 Å². The third-order valence-corrected chi connectivity index (χ3v) is 5.95. The van der Waals surface area contributed by atoms with Gasteiger partial charge in [-0.25, -0.2) is 9.18 Å². The zero-order chi connectivity index (χ0) is 29.8. The number of rotatable bonds is 12. The molecule has 0 bridgehead atoms. The Morgan fingerprint density at radius 2 is 1.73 bits per heavy atom. The highest BCUT2D eigenvalue weighted by atomic mass is 19.1. The molecular formula is C27H37FN4O8. The standard InChI is InChI=1S/C27H37FN4O8/c1-15(2)12-21(32-26(37)25(36)30-19-10-6-5-9-18(19)28)24(35)31-20(13-17-8-7-11-29-23(17)34)22(33)14-39-27(38)40-16(3)4/h5-6,9-10,15-17,20-21H,7-8,11-14H2,1-4H3,(H,29,34)(H,30,36)(H,31,35)(H,32,37)/t17-,20-,21-/m0/s1. The molecule has 3 atom stereocenters. The second kappa shape index (κ2) is 15.5. The van der Waals surface area contributed by atoms with Crippen molar-refractivity contribution in [3.8, 4) is 0 Å². The minimum atomic E-state index is -1.24. The van der Waals surface area contributed by atoms with Crippen LogP contribution in [0.25, 0.3) is 0 Å². The van der Waals surface area contributed by atoms with E-state index in [2.05, 4.69) is 21.3 Å². The third kappa shape index (κ3) is 10.6. The van der Waals surface area contributed by atoms with E-state index in [0.29, 0.717) is 19.4 Å². The molecule has 12 nitrogen and oxygen atoms in total. The first-order chi connectivity index (χ1) is 18.9. The number of carbonyl (C=O) groups is 6. The van der Waals surface area contributed by atoms with Gasteiger partial charge in [0, 0.05) is 12.5 Å². The molecule has 1 aliphatic heterocycles. The Kier molecular flexibility index (Phi) is 12.5. The van der Waals surface area contributed by atoms with Crippen LogP contribution in [0.5, 0.6) is 0 Å². The molecule has 0 radical (unpaired) electrons. The number of carbonyl (C=O) groups excluding carboxylic acids is 6. The van der Waals surface area contributed by atoms with E-state index in [1.165, 1.54) is 18.2 Å². The molecule has 1 aromatic carbocycles. The van der Waals surface area contributed by atoms with Crippen LogP contribution in [0.15, 0.2) is 24.3 Å². The van der Waals surface area contributed by atoms with Crippen LogP contribution >= 0.6 is 0 Å². The number of hydrogen-bond acceptors (Lipinski definition) is 8. The fraction of sp³-hybridized carbons (Fsp3) is 0.556. The summed E-state index contributed by atoms with van der Waals surface area (Å²) in [7, 11) is 0. The first kappa shape index (κ1) is 32.2. The molecule has 1 saturated heterocycles. The summed E-state index contributed by atoms with van der Waals surface area (Å²) >= 11 is 0. The maximum Gasteiger partial charge on any atom is 0.508 e. The van der Waals surface area contributed by atoms with Crippen molar-refractivity contribution < 1.29 is 42.6 Å². The summed E-state index contributed by atoms with van der Waals surface area (Å²) in [5.41, 5.74) is -0.208. The molecule has 4 N–H and O–H groups in total. The SMILES string of the molecule is CC(C)C[C@H](NC(=O)C(=O)Nc1ccccc1F)C(=O)N[C@@H](C[C@@H]1CCCNC1=O)C(=O)COC(=O)OC(C)C. The molecular weight excluding hydrogens is 527 g/mol. The summed E-state index contributed by atoms with van der Waals surface area (Å²) in [5.74, 6) is -5.52. The first-order valence-corrected chi connectivity index (χ1v) is 13.2. The molecule has 0 aliphatic carbocycles. The van der Waals surface area contributed by atoms with Gasteiger partial charge in [-0.1, -0.05) is 26.0 Å². The normalized spacial score (nSPS) is 16.4. The minimum absolute atomic E-state index is 0.0604. The van der Waals surface area contributed by atoms with Crippen molar-refractivity contribution >= 4 is 41.3 Å². The van der Waals surface area contributed by atoms with Crippen molar-refractivity contribution in [1.82, 2.24) is 16.0 Å². The summed E-state index contributed by atoms with van der Waals surface area (Å²) in [5, 5.41) is 9.75. The topological polar surface area (TPSA) is 169 Å². The quantitative estimate of drug-likeness (QED) is 0.220. The number of anilines is 1. The zero-order valence-electron chi connectivity index (χ0n) is 23.1. The Morgan fingerprint density at radius 1 is 1.02 bits per heavy atom. The van der Waals surface area contributed by atoms with Gasteiger partial charge in [0.15, 0.2) is 12.4 Å².